The number of esters is 1. The maximum atomic E-state index is 11.2. The van der Waals surface area contributed by atoms with E-state index in [1.807, 2.05) is 12.1 Å². The Hall–Kier alpha value is -1.55. The standard InChI is InChI=1S/C16H22O4/c1-19-16(18)11-20-15-9-3-7-13-12(6-4-10-17)5-2-8-14(13)15/h3,7,9,12,17H,2,4-6,8,10-11H2,1H3. The van der Waals surface area contributed by atoms with Gasteiger partial charge < -0.3 is 14.6 Å². The Bertz CT molecular complexity index is 456. The first-order valence-corrected chi connectivity index (χ1v) is 7.18. The highest BCUT2D eigenvalue weighted by atomic mass is 16.6. The first-order valence-electron chi connectivity index (χ1n) is 7.18. The van der Waals surface area contributed by atoms with E-state index in [-0.39, 0.29) is 19.2 Å². The Kier molecular flexibility index (Phi) is 5.41. The highest BCUT2D eigenvalue weighted by Gasteiger charge is 2.22. The van der Waals surface area contributed by atoms with Crippen molar-refractivity contribution >= 4 is 5.97 Å². The van der Waals surface area contributed by atoms with Crippen molar-refractivity contribution in [3.8, 4) is 5.75 Å². The number of benzene rings is 1. The molecule has 4 heteroatoms. The smallest absolute Gasteiger partial charge is 0.343 e. The molecule has 0 aromatic heterocycles. The number of hydrogen-bond acceptors (Lipinski definition) is 4. The predicted molar refractivity (Wildman–Crippen MR) is 76.0 cm³/mol. The van der Waals surface area contributed by atoms with Gasteiger partial charge in [0.15, 0.2) is 6.61 Å². The van der Waals surface area contributed by atoms with Gasteiger partial charge in [0.2, 0.25) is 0 Å². The Morgan fingerprint density at radius 3 is 3.05 bits per heavy atom. The molecular formula is C16H22O4. The Morgan fingerprint density at radius 1 is 1.45 bits per heavy atom. The van der Waals surface area contributed by atoms with E-state index in [1.165, 1.54) is 18.2 Å². The molecule has 1 aliphatic rings. The molecule has 2 rings (SSSR count). The van der Waals surface area contributed by atoms with Gasteiger partial charge in [0.1, 0.15) is 5.75 Å². The van der Waals surface area contributed by atoms with Crippen LogP contribution >= 0.6 is 0 Å². The van der Waals surface area contributed by atoms with Crippen LogP contribution in [0.1, 0.15) is 42.7 Å². The molecule has 20 heavy (non-hydrogen) atoms. The maximum Gasteiger partial charge on any atom is 0.343 e. The van der Waals surface area contributed by atoms with Crippen LogP contribution in [0.4, 0.5) is 0 Å². The molecule has 110 valence electrons. The topological polar surface area (TPSA) is 55.8 Å². The van der Waals surface area contributed by atoms with Crippen LogP contribution in [0.2, 0.25) is 0 Å². The van der Waals surface area contributed by atoms with E-state index in [0.29, 0.717) is 5.92 Å². The van der Waals surface area contributed by atoms with E-state index in [9.17, 15) is 4.79 Å². The lowest BCUT2D eigenvalue weighted by Crippen LogP contribution is -2.16. The second kappa shape index (κ2) is 7.29. The summed E-state index contributed by atoms with van der Waals surface area (Å²) < 4.78 is 10.2. The van der Waals surface area contributed by atoms with E-state index >= 15 is 0 Å². The molecule has 1 atom stereocenters. The largest absolute Gasteiger partial charge is 0.482 e. The number of aliphatic hydroxyl groups excluding tert-OH is 1. The molecule has 0 saturated carbocycles. The number of fused-ring (bicyclic) bond motifs is 1. The zero-order valence-electron chi connectivity index (χ0n) is 11.9. The van der Waals surface area contributed by atoms with Crippen molar-refractivity contribution in [2.45, 2.75) is 38.0 Å². The fourth-order valence-corrected chi connectivity index (χ4v) is 2.88. The molecule has 1 aliphatic carbocycles. The summed E-state index contributed by atoms with van der Waals surface area (Å²) in [5, 5.41) is 9.00. The number of rotatable bonds is 6. The number of ether oxygens (including phenoxy) is 2. The fraction of sp³-hybridized carbons (Fsp3) is 0.562. The summed E-state index contributed by atoms with van der Waals surface area (Å²) in [4.78, 5) is 11.2. The van der Waals surface area contributed by atoms with Crippen molar-refractivity contribution in [1.29, 1.82) is 0 Å². The molecule has 1 aromatic carbocycles. The molecule has 0 aliphatic heterocycles. The Labute approximate surface area is 119 Å². The van der Waals surface area contributed by atoms with Gasteiger partial charge in [-0.05, 0) is 55.2 Å². The predicted octanol–water partition coefficient (Wildman–Crippen LogP) is 2.43. The van der Waals surface area contributed by atoms with Crippen LogP contribution in [0.5, 0.6) is 5.75 Å². The van der Waals surface area contributed by atoms with E-state index in [4.69, 9.17) is 9.84 Å². The number of carbonyl (C=O) groups is 1. The Balaban J connectivity index is 2.13. The van der Waals surface area contributed by atoms with Crippen LogP contribution in [0.15, 0.2) is 18.2 Å². The lowest BCUT2D eigenvalue weighted by atomic mass is 9.80. The molecule has 0 spiro atoms. The first kappa shape index (κ1) is 14.9. The summed E-state index contributed by atoms with van der Waals surface area (Å²) in [7, 11) is 1.36. The molecule has 0 radical (unpaired) electrons. The average Bonchev–Trinajstić information content (AvgIpc) is 2.50. The molecular weight excluding hydrogens is 256 g/mol. The lowest BCUT2D eigenvalue weighted by molar-refractivity contribution is -0.142. The minimum atomic E-state index is -0.366. The van der Waals surface area contributed by atoms with Crippen LogP contribution in [0, 0.1) is 0 Å². The summed E-state index contributed by atoms with van der Waals surface area (Å²) in [5.41, 5.74) is 2.53. The molecule has 0 amide bonds. The van der Waals surface area contributed by atoms with Crippen molar-refractivity contribution in [3.05, 3.63) is 29.3 Å². The third-order valence-corrected chi connectivity index (χ3v) is 3.87. The van der Waals surface area contributed by atoms with Gasteiger partial charge >= 0.3 is 5.97 Å². The number of aliphatic hydroxyl groups is 1. The van der Waals surface area contributed by atoms with Crippen LogP contribution in [0.3, 0.4) is 0 Å². The number of hydrogen-bond donors (Lipinski definition) is 1. The summed E-state index contributed by atoms with van der Waals surface area (Å²) in [6, 6.07) is 6.03. The quantitative estimate of drug-likeness (QED) is 0.812. The van der Waals surface area contributed by atoms with Crippen LogP contribution in [0.25, 0.3) is 0 Å². The van der Waals surface area contributed by atoms with Crippen molar-refractivity contribution in [2.24, 2.45) is 0 Å². The minimum absolute atomic E-state index is 0.0474. The monoisotopic (exact) mass is 278 g/mol. The van der Waals surface area contributed by atoms with Gasteiger partial charge in [0, 0.05) is 6.61 Å². The van der Waals surface area contributed by atoms with Crippen molar-refractivity contribution in [2.75, 3.05) is 20.3 Å². The first-order chi connectivity index (χ1) is 9.76. The molecule has 0 bridgehead atoms. The summed E-state index contributed by atoms with van der Waals surface area (Å²) in [6.07, 6.45) is 5.11. The zero-order chi connectivity index (χ0) is 14.4. The molecule has 0 saturated heterocycles. The van der Waals surface area contributed by atoms with E-state index < -0.39 is 0 Å². The second-order valence-corrected chi connectivity index (χ2v) is 5.14. The van der Waals surface area contributed by atoms with Crippen LogP contribution in [-0.2, 0) is 16.0 Å². The van der Waals surface area contributed by atoms with E-state index in [0.717, 1.165) is 37.9 Å². The van der Waals surface area contributed by atoms with E-state index in [2.05, 4.69) is 10.8 Å². The number of carbonyl (C=O) groups excluding carboxylic acids is 1. The third kappa shape index (κ3) is 3.51. The van der Waals surface area contributed by atoms with Crippen molar-refractivity contribution in [1.82, 2.24) is 0 Å². The van der Waals surface area contributed by atoms with Crippen molar-refractivity contribution in [3.63, 3.8) is 0 Å². The van der Waals surface area contributed by atoms with Crippen molar-refractivity contribution < 1.29 is 19.4 Å². The number of methoxy groups -OCH3 is 1. The third-order valence-electron chi connectivity index (χ3n) is 3.87. The van der Waals surface area contributed by atoms with Gasteiger partial charge in [-0.3, -0.25) is 0 Å². The molecule has 0 heterocycles. The Morgan fingerprint density at radius 2 is 2.30 bits per heavy atom. The second-order valence-electron chi connectivity index (χ2n) is 5.14. The van der Waals surface area contributed by atoms with Crippen LogP contribution in [-0.4, -0.2) is 31.4 Å². The lowest BCUT2D eigenvalue weighted by Gasteiger charge is -2.27. The summed E-state index contributed by atoms with van der Waals surface area (Å²) >= 11 is 0. The van der Waals surface area contributed by atoms with Gasteiger partial charge in [-0.1, -0.05) is 12.1 Å². The molecule has 0 fully saturated rings. The highest BCUT2D eigenvalue weighted by molar-refractivity contribution is 5.71. The van der Waals surface area contributed by atoms with Crippen LogP contribution < -0.4 is 4.74 Å². The fourth-order valence-electron chi connectivity index (χ4n) is 2.88. The maximum absolute atomic E-state index is 11.2. The van der Waals surface area contributed by atoms with Gasteiger partial charge in [0.25, 0.3) is 0 Å². The summed E-state index contributed by atoms with van der Waals surface area (Å²) in [5.74, 6) is 0.921. The SMILES string of the molecule is COC(=O)COc1cccc2c1CCCC2CCCO. The van der Waals surface area contributed by atoms with Gasteiger partial charge in [0.05, 0.1) is 7.11 Å². The molecule has 4 nitrogen and oxygen atoms in total. The molecule has 1 unspecified atom stereocenters. The normalized spacial score (nSPS) is 17.4. The van der Waals surface area contributed by atoms with Gasteiger partial charge in [-0.2, -0.15) is 0 Å². The highest BCUT2D eigenvalue weighted by Crippen LogP contribution is 2.38. The average molecular weight is 278 g/mol. The van der Waals surface area contributed by atoms with Gasteiger partial charge in [-0.25, -0.2) is 4.79 Å². The van der Waals surface area contributed by atoms with E-state index in [1.54, 1.807) is 0 Å². The van der Waals surface area contributed by atoms with Gasteiger partial charge in [-0.15, -0.1) is 0 Å². The molecule has 1 aromatic rings. The minimum Gasteiger partial charge on any atom is -0.482 e. The summed E-state index contributed by atoms with van der Waals surface area (Å²) in [6.45, 7) is 0.193. The molecule has 1 N–H and O–H groups in total. The zero-order valence-corrected chi connectivity index (χ0v) is 11.9.